The van der Waals surface area contributed by atoms with Crippen LogP contribution >= 0.6 is 11.6 Å². The van der Waals surface area contributed by atoms with Crippen molar-refractivity contribution in [1.82, 2.24) is 0 Å². The molecule has 0 amide bonds. The first kappa shape index (κ1) is 15.3. The number of benzene rings is 1. The van der Waals surface area contributed by atoms with Gasteiger partial charge < -0.3 is 4.84 Å². The maximum atomic E-state index is 13.4. The Morgan fingerprint density at radius 1 is 1.50 bits per heavy atom. The Kier molecular flexibility index (Phi) is 4.07. The lowest BCUT2D eigenvalue weighted by molar-refractivity contribution is 0.0152. The molecule has 1 aromatic carbocycles. The van der Waals surface area contributed by atoms with Crippen molar-refractivity contribution in [3.8, 4) is 0 Å². The zero-order valence-corrected chi connectivity index (χ0v) is 12.8. The minimum absolute atomic E-state index is 0.0402. The Balaban J connectivity index is 2.18. The molecule has 0 bridgehead atoms. The molecule has 0 saturated heterocycles. The van der Waals surface area contributed by atoms with E-state index in [1.807, 2.05) is 0 Å². The number of hydrogen-bond acceptors (Lipinski definition) is 4. The van der Waals surface area contributed by atoms with E-state index < -0.39 is 21.3 Å². The highest BCUT2D eigenvalue weighted by Crippen LogP contribution is 2.28. The number of hydrogen-bond donors (Lipinski definition) is 0. The molecular weight excluding hydrogens is 305 g/mol. The van der Waals surface area contributed by atoms with E-state index >= 15 is 0 Å². The van der Waals surface area contributed by atoms with Gasteiger partial charge in [0.25, 0.3) is 0 Å². The number of alkyl halides is 1. The van der Waals surface area contributed by atoms with Crippen LogP contribution in [0, 0.1) is 12.7 Å². The number of nitrogens with zero attached hydrogens (tertiary/aromatic N) is 1. The molecule has 1 aliphatic rings. The summed E-state index contributed by atoms with van der Waals surface area (Å²) in [5.74, 6) is -0.577. The first-order valence-electron chi connectivity index (χ1n) is 6.04. The highest BCUT2D eigenvalue weighted by molar-refractivity contribution is 8.05. The van der Waals surface area contributed by atoms with Gasteiger partial charge in [-0.3, -0.25) is 0 Å². The van der Waals surface area contributed by atoms with Gasteiger partial charge >= 0.3 is 0 Å². The van der Waals surface area contributed by atoms with Crippen LogP contribution in [0.2, 0.25) is 0 Å². The van der Waals surface area contributed by atoms with Crippen LogP contribution in [0.4, 0.5) is 4.39 Å². The molecule has 0 fully saturated rings. The van der Waals surface area contributed by atoms with E-state index in [0.717, 1.165) is 0 Å². The lowest BCUT2D eigenvalue weighted by Gasteiger charge is -2.16. The molecule has 4 nitrogen and oxygen atoms in total. The second kappa shape index (κ2) is 5.33. The third kappa shape index (κ3) is 3.12. The standard InChI is InChI=1S/C13H15ClFNO3S/c1-9-3-4-10(5-11(9)15)7-20(17,18)12-6-13(2,8-14)19-16-12/h3-5H,6-8H2,1-2H3. The van der Waals surface area contributed by atoms with Gasteiger partial charge in [-0.25, -0.2) is 12.8 Å². The van der Waals surface area contributed by atoms with Crippen LogP contribution in [0.1, 0.15) is 24.5 Å². The monoisotopic (exact) mass is 319 g/mol. The molecule has 0 spiro atoms. The summed E-state index contributed by atoms with van der Waals surface area (Å²) in [4.78, 5) is 5.07. The minimum atomic E-state index is -3.62. The predicted molar refractivity (Wildman–Crippen MR) is 76.0 cm³/mol. The second-order valence-corrected chi connectivity index (χ2v) is 7.44. The SMILES string of the molecule is Cc1ccc(CS(=O)(=O)C2=NOC(C)(CCl)C2)cc1F. The van der Waals surface area contributed by atoms with Crippen LogP contribution in [-0.2, 0) is 20.4 Å². The molecule has 0 radical (unpaired) electrons. The van der Waals surface area contributed by atoms with Gasteiger partial charge in [0.2, 0.25) is 0 Å². The van der Waals surface area contributed by atoms with Crippen molar-refractivity contribution in [2.45, 2.75) is 31.6 Å². The summed E-state index contributed by atoms with van der Waals surface area (Å²) in [6.07, 6.45) is 0.132. The van der Waals surface area contributed by atoms with E-state index in [0.29, 0.717) is 11.1 Å². The first-order valence-corrected chi connectivity index (χ1v) is 8.23. The van der Waals surface area contributed by atoms with Gasteiger partial charge in [0.05, 0.1) is 11.6 Å². The summed E-state index contributed by atoms with van der Waals surface area (Å²) >= 11 is 5.72. The molecule has 0 aliphatic carbocycles. The molecule has 110 valence electrons. The lowest BCUT2D eigenvalue weighted by atomic mass is 10.1. The molecule has 1 aromatic rings. The van der Waals surface area contributed by atoms with Crippen molar-refractivity contribution in [2.75, 3.05) is 5.88 Å². The van der Waals surface area contributed by atoms with Crippen molar-refractivity contribution in [3.63, 3.8) is 0 Å². The fourth-order valence-electron chi connectivity index (χ4n) is 1.81. The molecule has 2 rings (SSSR count). The summed E-state index contributed by atoms with van der Waals surface area (Å²) < 4.78 is 37.9. The van der Waals surface area contributed by atoms with Crippen molar-refractivity contribution < 1.29 is 17.6 Å². The van der Waals surface area contributed by atoms with Gasteiger partial charge in [-0.05, 0) is 31.0 Å². The van der Waals surface area contributed by atoms with E-state index in [9.17, 15) is 12.8 Å². The topological polar surface area (TPSA) is 55.7 Å². The Bertz CT molecular complexity index is 660. The van der Waals surface area contributed by atoms with Crippen molar-refractivity contribution in [1.29, 1.82) is 0 Å². The number of rotatable bonds is 3. The van der Waals surface area contributed by atoms with Gasteiger partial charge in [-0.1, -0.05) is 17.3 Å². The molecule has 20 heavy (non-hydrogen) atoms. The smallest absolute Gasteiger partial charge is 0.199 e. The fourth-order valence-corrected chi connectivity index (χ4v) is 3.42. The number of oxime groups is 1. The van der Waals surface area contributed by atoms with Crippen molar-refractivity contribution in [3.05, 3.63) is 35.1 Å². The normalized spacial score (nSPS) is 22.5. The maximum Gasteiger partial charge on any atom is 0.199 e. The molecule has 0 N–H and O–H groups in total. The number of sulfone groups is 1. The third-order valence-corrected chi connectivity index (χ3v) is 5.34. The van der Waals surface area contributed by atoms with Gasteiger partial charge in [0, 0.05) is 6.42 Å². The summed E-state index contributed by atoms with van der Waals surface area (Å²) in [6.45, 7) is 3.31. The Labute approximate surface area is 122 Å². The van der Waals surface area contributed by atoms with Gasteiger partial charge in [0.1, 0.15) is 5.82 Å². The summed E-state index contributed by atoms with van der Waals surface area (Å²) in [7, 11) is -3.62. The highest BCUT2D eigenvalue weighted by atomic mass is 35.5. The van der Waals surface area contributed by atoms with Gasteiger partial charge in [-0.15, -0.1) is 11.6 Å². The van der Waals surface area contributed by atoms with Crippen molar-refractivity contribution in [2.24, 2.45) is 5.16 Å². The van der Waals surface area contributed by atoms with Gasteiger partial charge in [0.15, 0.2) is 20.5 Å². The van der Waals surface area contributed by atoms with E-state index in [1.54, 1.807) is 26.0 Å². The summed E-state index contributed by atoms with van der Waals surface area (Å²) in [5.41, 5.74) is 0.0698. The van der Waals surface area contributed by atoms with Crippen molar-refractivity contribution >= 4 is 26.5 Å². The zero-order valence-electron chi connectivity index (χ0n) is 11.2. The minimum Gasteiger partial charge on any atom is -0.387 e. The molecule has 1 heterocycles. The van der Waals surface area contributed by atoms with Crippen LogP contribution in [0.5, 0.6) is 0 Å². The Hall–Kier alpha value is -1.14. The first-order chi connectivity index (χ1) is 9.26. The molecule has 7 heteroatoms. The van der Waals surface area contributed by atoms with E-state index in [1.165, 1.54) is 6.07 Å². The second-order valence-electron chi connectivity index (χ2n) is 5.18. The van der Waals surface area contributed by atoms with E-state index in [2.05, 4.69) is 5.16 Å². The Morgan fingerprint density at radius 3 is 2.75 bits per heavy atom. The third-order valence-electron chi connectivity index (χ3n) is 3.13. The van der Waals surface area contributed by atoms with E-state index in [4.69, 9.17) is 16.4 Å². The number of aryl methyl sites for hydroxylation is 1. The van der Waals surface area contributed by atoms with Crippen LogP contribution < -0.4 is 0 Å². The zero-order chi connectivity index (χ0) is 15.0. The predicted octanol–water partition coefficient (Wildman–Crippen LogP) is 2.78. The van der Waals surface area contributed by atoms with Gasteiger partial charge in [-0.2, -0.15) is 0 Å². The number of halogens is 2. The molecule has 1 aliphatic heterocycles. The summed E-state index contributed by atoms with van der Waals surface area (Å²) in [5, 5.41) is 3.58. The fraction of sp³-hybridized carbons (Fsp3) is 0.462. The lowest BCUT2D eigenvalue weighted by Crippen LogP contribution is -2.28. The largest absolute Gasteiger partial charge is 0.387 e. The van der Waals surface area contributed by atoms with Crippen LogP contribution in [0.25, 0.3) is 0 Å². The average molecular weight is 320 g/mol. The van der Waals surface area contributed by atoms with Crippen LogP contribution in [0.15, 0.2) is 23.4 Å². The molecule has 0 saturated carbocycles. The average Bonchev–Trinajstić information content (AvgIpc) is 2.78. The Morgan fingerprint density at radius 2 is 2.20 bits per heavy atom. The maximum absolute atomic E-state index is 13.4. The molecule has 1 unspecified atom stereocenters. The summed E-state index contributed by atoms with van der Waals surface area (Å²) in [6, 6.07) is 4.37. The van der Waals surface area contributed by atoms with Crippen LogP contribution in [-0.4, -0.2) is 24.9 Å². The molecular formula is C13H15ClFNO3S. The van der Waals surface area contributed by atoms with Crippen LogP contribution in [0.3, 0.4) is 0 Å². The van der Waals surface area contributed by atoms with E-state index in [-0.39, 0.29) is 23.1 Å². The molecule has 1 atom stereocenters. The highest BCUT2D eigenvalue weighted by Gasteiger charge is 2.39. The molecule has 0 aromatic heterocycles. The quantitative estimate of drug-likeness (QED) is 0.805.